The first-order valence-electron chi connectivity index (χ1n) is 14.5. The molecule has 2 N–H and O–H groups in total. The predicted molar refractivity (Wildman–Crippen MR) is 164 cm³/mol. The topological polar surface area (TPSA) is 79.2 Å². The molecule has 0 radical (unpaired) electrons. The lowest BCUT2D eigenvalue weighted by Crippen LogP contribution is -2.43. The molecule has 1 atom stereocenters. The molecule has 0 spiro atoms. The summed E-state index contributed by atoms with van der Waals surface area (Å²) in [5, 5.41) is 0. The third-order valence-corrected chi connectivity index (χ3v) is 7.98. The van der Waals surface area contributed by atoms with Crippen molar-refractivity contribution < 1.29 is 22.3 Å². The van der Waals surface area contributed by atoms with Crippen molar-refractivity contribution in [2.45, 2.75) is 72.3 Å². The lowest BCUT2D eigenvalue weighted by atomic mass is 9.91. The monoisotopic (exact) mass is 611 g/mol. The first-order valence-corrected chi connectivity index (χ1v) is 14.5. The smallest absolute Gasteiger partial charge is 0.416 e. The van der Waals surface area contributed by atoms with Crippen LogP contribution in [0, 0.1) is 19.7 Å². The van der Waals surface area contributed by atoms with Crippen LogP contribution in [0.5, 0.6) is 5.75 Å². The van der Waals surface area contributed by atoms with E-state index >= 15 is 0 Å². The Hall–Kier alpha value is -4.18. The van der Waals surface area contributed by atoms with Gasteiger partial charge in [0.05, 0.1) is 24.3 Å². The van der Waals surface area contributed by atoms with Gasteiger partial charge in [-0.1, -0.05) is 56.3 Å². The number of ether oxygens (including phenoxy) is 1. The van der Waals surface area contributed by atoms with E-state index in [1.54, 1.807) is 30.3 Å². The summed E-state index contributed by atoms with van der Waals surface area (Å²) in [4.78, 5) is 28.0. The third kappa shape index (κ3) is 6.50. The molecule has 0 saturated carbocycles. The highest BCUT2D eigenvalue weighted by molar-refractivity contribution is 5.70. The molecule has 0 aliphatic rings. The molecule has 6 nitrogen and oxygen atoms in total. The second-order valence-electron chi connectivity index (χ2n) is 11.1. The molecule has 4 rings (SSSR count). The second kappa shape index (κ2) is 13.2. The number of alkyl halides is 3. The Morgan fingerprint density at radius 3 is 2.23 bits per heavy atom. The maximum absolute atomic E-state index is 15.0. The molecule has 0 aliphatic heterocycles. The number of para-hydroxylation sites is 1. The zero-order valence-corrected chi connectivity index (χ0v) is 25.5. The fourth-order valence-electron chi connectivity index (χ4n) is 5.68. The number of aromatic nitrogens is 2. The Morgan fingerprint density at radius 2 is 1.57 bits per heavy atom. The fraction of sp³-hybridized carbons (Fsp3) is 0.353. The fourth-order valence-corrected chi connectivity index (χ4v) is 5.68. The van der Waals surface area contributed by atoms with E-state index in [9.17, 15) is 27.2 Å². The SMILES string of the molecule is CCOc1ccccc1C(N)CCn1c(=O)c(-c2cccc(C(C)C)c2C)c(C)n(Cc2c(F)cccc2C(F)(F)F)c1=O. The molecular weight excluding hydrogens is 574 g/mol. The summed E-state index contributed by atoms with van der Waals surface area (Å²) in [7, 11) is 0. The summed E-state index contributed by atoms with van der Waals surface area (Å²) in [6, 6.07) is 14.7. The quantitative estimate of drug-likeness (QED) is 0.194. The summed E-state index contributed by atoms with van der Waals surface area (Å²) in [5.74, 6) is -0.394. The summed E-state index contributed by atoms with van der Waals surface area (Å²) >= 11 is 0. The standard InChI is InChI=1S/C34H37F4N3O3/c1-6-44-30-16-8-7-11-25(30)29(39)17-18-40-32(42)31(24-13-9-12-23(20(2)3)21(24)4)22(5)41(33(40)43)19-26-27(34(36,37)38)14-10-15-28(26)35/h7-16,20,29H,6,17-19,39H2,1-5H3. The summed E-state index contributed by atoms with van der Waals surface area (Å²) in [5.41, 5.74) is 6.53. The van der Waals surface area contributed by atoms with Crippen LogP contribution in [0.2, 0.25) is 0 Å². The zero-order chi connectivity index (χ0) is 32.3. The van der Waals surface area contributed by atoms with E-state index in [1.807, 2.05) is 39.8 Å². The summed E-state index contributed by atoms with van der Waals surface area (Å²) in [6.45, 7) is 8.80. The van der Waals surface area contributed by atoms with Gasteiger partial charge in [0.2, 0.25) is 0 Å². The van der Waals surface area contributed by atoms with Crippen LogP contribution in [0.1, 0.15) is 72.7 Å². The van der Waals surface area contributed by atoms with Crippen molar-refractivity contribution in [2.75, 3.05) is 6.61 Å². The van der Waals surface area contributed by atoms with Crippen molar-refractivity contribution >= 4 is 0 Å². The van der Waals surface area contributed by atoms with Gasteiger partial charge in [0.1, 0.15) is 11.6 Å². The number of nitrogens with two attached hydrogens (primary N) is 1. The highest BCUT2D eigenvalue weighted by atomic mass is 19.4. The molecule has 44 heavy (non-hydrogen) atoms. The highest BCUT2D eigenvalue weighted by Crippen LogP contribution is 2.34. The highest BCUT2D eigenvalue weighted by Gasteiger charge is 2.35. The second-order valence-corrected chi connectivity index (χ2v) is 11.1. The molecule has 10 heteroatoms. The molecular formula is C34H37F4N3O3. The third-order valence-electron chi connectivity index (χ3n) is 7.98. The average molecular weight is 612 g/mol. The molecule has 1 heterocycles. The van der Waals surface area contributed by atoms with Gasteiger partial charge in [-0.05, 0) is 68.0 Å². The van der Waals surface area contributed by atoms with E-state index < -0.39 is 47.0 Å². The van der Waals surface area contributed by atoms with Gasteiger partial charge in [0.15, 0.2) is 0 Å². The van der Waals surface area contributed by atoms with E-state index in [4.69, 9.17) is 10.5 Å². The summed E-state index contributed by atoms with van der Waals surface area (Å²) in [6.07, 6.45) is -4.70. The Labute approximate surface area is 253 Å². The first kappa shape index (κ1) is 32.7. The van der Waals surface area contributed by atoms with E-state index in [0.29, 0.717) is 23.5 Å². The largest absolute Gasteiger partial charge is 0.494 e. The van der Waals surface area contributed by atoms with E-state index in [1.165, 1.54) is 6.92 Å². The number of hydrogen-bond donors (Lipinski definition) is 1. The van der Waals surface area contributed by atoms with Crippen molar-refractivity contribution in [1.29, 1.82) is 0 Å². The van der Waals surface area contributed by atoms with Crippen LogP contribution in [0.3, 0.4) is 0 Å². The van der Waals surface area contributed by atoms with E-state index in [-0.39, 0.29) is 30.1 Å². The number of benzene rings is 3. The van der Waals surface area contributed by atoms with Crippen LogP contribution >= 0.6 is 0 Å². The molecule has 0 bridgehead atoms. The molecule has 0 fully saturated rings. The zero-order valence-electron chi connectivity index (χ0n) is 25.5. The molecule has 3 aromatic carbocycles. The Kier molecular flexibility index (Phi) is 9.83. The molecule has 1 aromatic heterocycles. The van der Waals surface area contributed by atoms with Crippen LogP contribution in [0.25, 0.3) is 11.1 Å². The minimum Gasteiger partial charge on any atom is -0.494 e. The Balaban J connectivity index is 1.92. The number of hydrogen-bond acceptors (Lipinski definition) is 4. The van der Waals surface area contributed by atoms with Crippen molar-refractivity contribution in [3.05, 3.63) is 121 Å². The van der Waals surface area contributed by atoms with Gasteiger partial charge in [0, 0.05) is 29.4 Å². The molecule has 0 amide bonds. The van der Waals surface area contributed by atoms with Gasteiger partial charge >= 0.3 is 11.9 Å². The average Bonchev–Trinajstić information content (AvgIpc) is 2.96. The van der Waals surface area contributed by atoms with Gasteiger partial charge in [-0.3, -0.25) is 13.9 Å². The van der Waals surface area contributed by atoms with Crippen LogP contribution < -0.4 is 21.7 Å². The van der Waals surface area contributed by atoms with Gasteiger partial charge < -0.3 is 10.5 Å². The minimum atomic E-state index is -4.85. The lowest BCUT2D eigenvalue weighted by molar-refractivity contribution is -0.138. The maximum Gasteiger partial charge on any atom is 0.416 e. The van der Waals surface area contributed by atoms with Crippen LogP contribution in [0.4, 0.5) is 17.6 Å². The van der Waals surface area contributed by atoms with Crippen molar-refractivity contribution in [1.82, 2.24) is 9.13 Å². The van der Waals surface area contributed by atoms with E-state index in [0.717, 1.165) is 38.5 Å². The molecule has 0 saturated heterocycles. The van der Waals surface area contributed by atoms with Gasteiger partial charge in [-0.15, -0.1) is 0 Å². The Morgan fingerprint density at radius 1 is 0.909 bits per heavy atom. The van der Waals surface area contributed by atoms with Crippen molar-refractivity contribution in [2.24, 2.45) is 5.73 Å². The Bertz CT molecular complexity index is 1770. The molecule has 234 valence electrons. The number of rotatable bonds is 10. The van der Waals surface area contributed by atoms with Crippen molar-refractivity contribution in [3.8, 4) is 16.9 Å². The predicted octanol–water partition coefficient (Wildman–Crippen LogP) is 7.11. The molecule has 4 aromatic rings. The van der Waals surface area contributed by atoms with Gasteiger partial charge in [-0.2, -0.15) is 13.2 Å². The van der Waals surface area contributed by atoms with Gasteiger partial charge in [-0.25, -0.2) is 9.18 Å². The lowest BCUT2D eigenvalue weighted by Gasteiger charge is -2.22. The van der Waals surface area contributed by atoms with Crippen molar-refractivity contribution in [3.63, 3.8) is 0 Å². The molecule has 0 aliphatic carbocycles. The first-order chi connectivity index (χ1) is 20.8. The maximum atomic E-state index is 15.0. The number of halogens is 4. The normalized spacial score (nSPS) is 12.5. The van der Waals surface area contributed by atoms with Gasteiger partial charge in [0.25, 0.3) is 5.56 Å². The molecule has 1 unspecified atom stereocenters. The summed E-state index contributed by atoms with van der Waals surface area (Å²) < 4.78 is 64.4. The minimum absolute atomic E-state index is 0.125. The van der Waals surface area contributed by atoms with E-state index in [2.05, 4.69) is 0 Å². The number of nitrogens with zero attached hydrogens (tertiary/aromatic N) is 2. The van der Waals surface area contributed by atoms with Crippen LogP contribution in [0.15, 0.2) is 70.3 Å². The van der Waals surface area contributed by atoms with Crippen LogP contribution in [-0.4, -0.2) is 15.7 Å². The van der Waals surface area contributed by atoms with Crippen LogP contribution in [-0.2, 0) is 19.3 Å².